The Kier molecular flexibility index (Phi) is 7.90. The predicted octanol–water partition coefficient (Wildman–Crippen LogP) is 0.101. The molecule has 10 atom stereocenters. The molecule has 2 heterocycles. The van der Waals surface area contributed by atoms with Crippen LogP contribution in [-0.2, 0) is 30.5 Å². The first-order chi connectivity index (χ1) is 16.8. The lowest BCUT2D eigenvalue weighted by molar-refractivity contribution is -0.485. The molecule has 36 heavy (non-hydrogen) atoms. The first-order valence-electron chi connectivity index (χ1n) is 12.6. The number of hydrogen-bond acceptors (Lipinski definition) is 10. The standard InChI is InChI=1S/C25H39NO9S/c1-5-17-19(27)18(26-3)21-22(20(17)28)34-23-25(30,35-21)24(29,13-14(2)33-23)12-6-7-15-8-10-16(11-9-15)36(4,31)32/h8-11,14,17-23,26-30H,5-7,12-13H2,1-4H3/t14-,17-,18+,19+,20+,21-,22-,23+,24+,25-/m1/s1. The topological polar surface area (TPSA) is 155 Å². The van der Waals surface area contributed by atoms with E-state index < -0.39 is 70.0 Å². The highest BCUT2D eigenvalue weighted by Crippen LogP contribution is 2.49. The van der Waals surface area contributed by atoms with E-state index in [0.717, 1.165) is 11.8 Å². The van der Waals surface area contributed by atoms with Crippen LogP contribution in [0, 0.1) is 5.92 Å². The van der Waals surface area contributed by atoms with E-state index in [1.165, 1.54) is 0 Å². The molecule has 5 N–H and O–H groups in total. The second-order valence-electron chi connectivity index (χ2n) is 10.5. The fourth-order valence-electron chi connectivity index (χ4n) is 6.02. The Morgan fingerprint density at radius 2 is 1.75 bits per heavy atom. The van der Waals surface area contributed by atoms with E-state index in [9.17, 15) is 28.8 Å². The van der Waals surface area contributed by atoms with E-state index in [4.69, 9.17) is 14.2 Å². The van der Waals surface area contributed by atoms with E-state index in [1.807, 2.05) is 6.92 Å². The lowest BCUT2D eigenvalue weighted by atomic mass is 9.73. The number of aliphatic hydroxyl groups is 4. The number of nitrogens with one attached hydrogen (secondary N) is 1. The lowest BCUT2D eigenvalue weighted by Crippen LogP contribution is -2.78. The largest absolute Gasteiger partial charge is 0.391 e. The number of aryl methyl sites for hydroxylation is 1. The average Bonchev–Trinajstić information content (AvgIpc) is 2.80. The van der Waals surface area contributed by atoms with Crippen molar-refractivity contribution in [2.24, 2.45) is 5.92 Å². The van der Waals surface area contributed by atoms with Gasteiger partial charge in [0.2, 0.25) is 12.1 Å². The van der Waals surface area contributed by atoms with Crippen LogP contribution in [-0.4, -0.2) is 96.4 Å². The van der Waals surface area contributed by atoms with Crippen LogP contribution in [0.15, 0.2) is 29.2 Å². The highest BCUT2D eigenvalue weighted by molar-refractivity contribution is 7.90. The maximum absolute atomic E-state index is 11.7. The Labute approximate surface area is 212 Å². The van der Waals surface area contributed by atoms with Gasteiger partial charge in [0, 0.05) is 18.6 Å². The Morgan fingerprint density at radius 1 is 1.08 bits per heavy atom. The van der Waals surface area contributed by atoms with E-state index in [0.29, 0.717) is 19.3 Å². The van der Waals surface area contributed by atoms with Crippen molar-refractivity contribution in [1.29, 1.82) is 0 Å². The minimum Gasteiger partial charge on any atom is -0.391 e. The van der Waals surface area contributed by atoms with Crippen molar-refractivity contribution >= 4 is 9.84 Å². The Hall–Kier alpha value is -1.15. The molecule has 2 saturated heterocycles. The number of fused-ring (bicyclic) bond motifs is 2. The van der Waals surface area contributed by atoms with Gasteiger partial charge in [0.25, 0.3) is 0 Å². The maximum atomic E-state index is 11.7. The molecule has 1 aromatic carbocycles. The predicted molar refractivity (Wildman–Crippen MR) is 130 cm³/mol. The van der Waals surface area contributed by atoms with Crippen LogP contribution in [0.1, 0.15) is 45.1 Å². The highest BCUT2D eigenvalue weighted by atomic mass is 32.2. The molecule has 3 aliphatic rings. The highest BCUT2D eigenvalue weighted by Gasteiger charge is 2.68. The fraction of sp³-hybridized carbons (Fsp3) is 0.760. The van der Waals surface area contributed by atoms with Gasteiger partial charge in [0.05, 0.1) is 29.2 Å². The van der Waals surface area contributed by atoms with E-state index >= 15 is 0 Å². The molecule has 1 aromatic rings. The number of likely N-dealkylation sites (N-methyl/N-ethyl adjacent to an activating group) is 1. The third-order valence-electron chi connectivity index (χ3n) is 8.04. The van der Waals surface area contributed by atoms with E-state index in [-0.39, 0.29) is 17.7 Å². The van der Waals surface area contributed by atoms with Gasteiger partial charge in [-0.25, -0.2) is 8.42 Å². The molecule has 204 valence electrons. The summed E-state index contributed by atoms with van der Waals surface area (Å²) in [5.74, 6) is -2.67. The Morgan fingerprint density at radius 3 is 2.33 bits per heavy atom. The van der Waals surface area contributed by atoms with Gasteiger partial charge in [-0.1, -0.05) is 19.1 Å². The Bertz CT molecular complexity index is 1020. The van der Waals surface area contributed by atoms with Crippen molar-refractivity contribution < 1.29 is 43.1 Å². The molecule has 0 amide bonds. The van der Waals surface area contributed by atoms with Crippen molar-refractivity contribution in [2.75, 3.05) is 13.3 Å². The van der Waals surface area contributed by atoms with Crippen LogP contribution in [0.4, 0.5) is 0 Å². The molecule has 4 rings (SSSR count). The summed E-state index contributed by atoms with van der Waals surface area (Å²) in [6.45, 7) is 3.65. The Balaban J connectivity index is 1.53. The van der Waals surface area contributed by atoms with Crippen molar-refractivity contribution in [3.05, 3.63) is 29.8 Å². The molecule has 2 aliphatic heterocycles. The third kappa shape index (κ3) is 4.85. The molecule has 0 radical (unpaired) electrons. The minimum absolute atomic E-state index is 0.0979. The summed E-state index contributed by atoms with van der Waals surface area (Å²) >= 11 is 0. The fourth-order valence-corrected chi connectivity index (χ4v) is 6.65. The van der Waals surface area contributed by atoms with Gasteiger partial charge in [0.15, 0.2) is 9.84 Å². The van der Waals surface area contributed by atoms with Gasteiger partial charge in [-0.15, -0.1) is 0 Å². The normalized spacial score (nSPS) is 43.0. The first-order valence-corrected chi connectivity index (χ1v) is 14.5. The number of benzene rings is 1. The molecular weight excluding hydrogens is 490 g/mol. The van der Waals surface area contributed by atoms with E-state index in [1.54, 1.807) is 38.2 Å². The van der Waals surface area contributed by atoms with Gasteiger partial charge in [0.1, 0.15) is 17.8 Å². The monoisotopic (exact) mass is 529 g/mol. The summed E-state index contributed by atoms with van der Waals surface area (Å²) < 4.78 is 41.5. The van der Waals surface area contributed by atoms with Gasteiger partial charge in [-0.3, -0.25) is 0 Å². The van der Waals surface area contributed by atoms with Gasteiger partial charge < -0.3 is 40.0 Å². The van der Waals surface area contributed by atoms with Crippen LogP contribution in [0.25, 0.3) is 0 Å². The summed E-state index contributed by atoms with van der Waals surface area (Å²) in [6.07, 6.45) is -2.55. The summed E-state index contributed by atoms with van der Waals surface area (Å²) in [6, 6.07) is 5.95. The zero-order valence-electron chi connectivity index (χ0n) is 21.2. The molecule has 0 aromatic heterocycles. The zero-order valence-corrected chi connectivity index (χ0v) is 22.0. The number of ether oxygens (including phenoxy) is 3. The maximum Gasteiger partial charge on any atom is 0.248 e. The van der Waals surface area contributed by atoms with E-state index in [2.05, 4.69) is 5.32 Å². The number of aliphatic hydroxyl groups excluding tert-OH is 2. The molecule has 3 fully saturated rings. The summed E-state index contributed by atoms with van der Waals surface area (Å²) in [5.41, 5.74) is -0.821. The summed E-state index contributed by atoms with van der Waals surface area (Å²) in [5, 5.41) is 48.3. The van der Waals surface area contributed by atoms with Crippen LogP contribution < -0.4 is 5.32 Å². The molecule has 0 unspecified atom stereocenters. The first kappa shape index (κ1) is 27.9. The van der Waals surface area contributed by atoms with Gasteiger partial charge in [-0.2, -0.15) is 0 Å². The third-order valence-corrected chi connectivity index (χ3v) is 9.16. The molecule has 0 bridgehead atoms. The number of hydrogen-bond donors (Lipinski definition) is 5. The average molecular weight is 530 g/mol. The van der Waals surface area contributed by atoms with Crippen molar-refractivity contribution in [3.8, 4) is 0 Å². The number of sulfone groups is 1. The van der Waals surface area contributed by atoms with Crippen LogP contribution >= 0.6 is 0 Å². The molecular formula is C25H39NO9S. The van der Waals surface area contributed by atoms with Crippen LogP contribution in [0.3, 0.4) is 0 Å². The molecule has 1 saturated carbocycles. The summed E-state index contributed by atoms with van der Waals surface area (Å²) in [4.78, 5) is 0.240. The van der Waals surface area contributed by atoms with Crippen LogP contribution in [0.5, 0.6) is 0 Å². The number of rotatable bonds is 7. The minimum atomic E-state index is -3.28. The molecule has 1 aliphatic carbocycles. The lowest BCUT2D eigenvalue weighted by Gasteiger charge is -2.60. The second-order valence-corrected chi connectivity index (χ2v) is 12.5. The van der Waals surface area contributed by atoms with Gasteiger partial charge >= 0.3 is 0 Å². The molecule has 11 heteroatoms. The van der Waals surface area contributed by atoms with Crippen molar-refractivity contribution in [3.63, 3.8) is 0 Å². The van der Waals surface area contributed by atoms with Gasteiger partial charge in [-0.05, 0) is 57.4 Å². The summed E-state index contributed by atoms with van der Waals surface area (Å²) in [7, 11) is -1.62. The quantitative estimate of drug-likeness (QED) is 0.328. The smallest absolute Gasteiger partial charge is 0.248 e. The SMILES string of the molecule is CC[C@@H]1[C@H](O)[C@H](NC)[C@H]2O[C@]3(O)[C@H](O[C@@H]2[C@H]1O)O[C@H](C)C[C@@]3(O)CCCc1ccc(S(C)(=O)=O)cc1. The second kappa shape index (κ2) is 10.2. The molecule has 10 nitrogen and oxygen atoms in total. The molecule has 0 spiro atoms. The van der Waals surface area contributed by atoms with Crippen molar-refractivity contribution in [2.45, 2.75) is 105 Å². The van der Waals surface area contributed by atoms with Crippen LogP contribution in [0.2, 0.25) is 0 Å². The van der Waals surface area contributed by atoms with Crippen molar-refractivity contribution in [1.82, 2.24) is 5.32 Å². The zero-order chi connectivity index (χ0) is 26.5.